The molecule has 3 aromatic rings. The Bertz CT molecular complexity index is 1110. The number of aromatic nitrogens is 5. The molecule has 0 saturated carbocycles. The number of alkyl halides is 3. The molecular weight excluding hydrogens is 423 g/mol. The molecule has 5 heterocycles. The van der Waals surface area contributed by atoms with Crippen LogP contribution >= 0.6 is 0 Å². The molecule has 8 nitrogen and oxygen atoms in total. The molecule has 32 heavy (non-hydrogen) atoms. The van der Waals surface area contributed by atoms with Crippen molar-refractivity contribution in [3.05, 3.63) is 48.0 Å². The lowest BCUT2D eigenvalue weighted by Crippen LogP contribution is -2.42. The summed E-state index contributed by atoms with van der Waals surface area (Å²) in [5.74, 6) is -0.677. The number of fused-ring (bicyclic) bond motifs is 1. The van der Waals surface area contributed by atoms with E-state index >= 15 is 0 Å². The highest BCUT2D eigenvalue weighted by atomic mass is 19.4. The van der Waals surface area contributed by atoms with Crippen LogP contribution in [0.3, 0.4) is 0 Å². The minimum absolute atomic E-state index is 0.0432. The predicted octanol–water partition coefficient (Wildman–Crippen LogP) is 3.12. The number of carbonyl (C=O) groups excluding carboxylic acids is 1. The normalized spacial score (nSPS) is 20.3. The van der Waals surface area contributed by atoms with Crippen molar-refractivity contribution >= 4 is 17.4 Å². The summed E-state index contributed by atoms with van der Waals surface area (Å²) in [5.41, 5.74) is 1.10. The van der Waals surface area contributed by atoms with Crippen molar-refractivity contribution in [3.63, 3.8) is 0 Å². The van der Waals surface area contributed by atoms with Gasteiger partial charge in [0.05, 0.1) is 6.04 Å². The Morgan fingerprint density at radius 3 is 2.56 bits per heavy atom. The molecule has 2 aliphatic rings. The third kappa shape index (κ3) is 3.76. The molecule has 1 atom stereocenters. The molecule has 1 amide bonds. The number of rotatable bonds is 3. The van der Waals surface area contributed by atoms with Gasteiger partial charge < -0.3 is 9.80 Å². The smallest absolute Gasteiger partial charge is 0.355 e. The zero-order valence-corrected chi connectivity index (χ0v) is 17.2. The van der Waals surface area contributed by atoms with Gasteiger partial charge in [0, 0.05) is 37.9 Å². The molecule has 2 saturated heterocycles. The molecule has 2 aliphatic heterocycles. The van der Waals surface area contributed by atoms with Crippen molar-refractivity contribution < 1.29 is 18.0 Å². The van der Waals surface area contributed by atoms with Crippen molar-refractivity contribution in [3.8, 4) is 0 Å². The minimum Gasteiger partial charge on any atom is -0.355 e. The fourth-order valence-corrected chi connectivity index (χ4v) is 4.66. The number of carbonyl (C=O) groups is 1. The van der Waals surface area contributed by atoms with Crippen LogP contribution in [-0.4, -0.2) is 55.2 Å². The van der Waals surface area contributed by atoms with Gasteiger partial charge in [0.2, 0.25) is 5.91 Å². The highest BCUT2D eigenvalue weighted by molar-refractivity contribution is 5.80. The minimum atomic E-state index is -4.63. The second-order valence-corrected chi connectivity index (χ2v) is 8.22. The van der Waals surface area contributed by atoms with Crippen molar-refractivity contribution in [2.75, 3.05) is 24.5 Å². The molecule has 0 radical (unpaired) electrons. The second kappa shape index (κ2) is 8.03. The Balaban J connectivity index is 1.27. The maximum absolute atomic E-state index is 13.2. The first-order valence-corrected chi connectivity index (χ1v) is 10.7. The van der Waals surface area contributed by atoms with Gasteiger partial charge in [-0.05, 0) is 49.4 Å². The van der Waals surface area contributed by atoms with Crippen molar-refractivity contribution in [2.24, 2.45) is 5.92 Å². The van der Waals surface area contributed by atoms with E-state index in [1.165, 1.54) is 6.07 Å². The van der Waals surface area contributed by atoms with E-state index in [9.17, 15) is 18.0 Å². The number of pyridine rings is 1. The monoisotopic (exact) mass is 445 g/mol. The van der Waals surface area contributed by atoms with Crippen molar-refractivity contribution in [1.82, 2.24) is 29.7 Å². The molecular formula is C21H22F3N7O. The van der Waals surface area contributed by atoms with Crippen LogP contribution in [0.4, 0.5) is 19.0 Å². The van der Waals surface area contributed by atoms with Crippen LogP contribution < -0.4 is 4.90 Å². The van der Waals surface area contributed by atoms with Crippen molar-refractivity contribution in [1.29, 1.82) is 0 Å². The average molecular weight is 445 g/mol. The van der Waals surface area contributed by atoms with Gasteiger partial charge in [-0.1, -0.05) is 6.07 Å². The summed E-state index contributed by atoms with van der Waals surface area (Å²) in [7, 11) is 0. The Morgan fingerprint density at radius 1 is 1.03 bits per heavy atom. The molecule has 0 N–H and O–H groups in total. The first-order chi connectivity index (χ1) is 15.4. The topological polar surface area (TPSA) is 79.5 Å². The van der Waals surface area contributed by atoms with E-state index < -0.39 is 12.0 Å². The van der Waals surface area contributed by atoms with Gasteiger partial charge in [-0.2, -0.15) is 17.7 Å². The number of piperidine rings is 1. The van der Waals surface area contributed by atoms with E-state index in [0.717, 1.165) is 29.5 Å². The molecule has 3 aromatic heterocycles. The van der Waals surface area contributed by atoms with Gasteiger partial charge in [-0.3, -0.25) is 9.78 Å². The predicted molar refractivity (Wildman–Crippen MR) is 109 cm³/mol. The molecule has 168 valence electrons. The molecule has 0 bridgehead atoms. The first-order valence-electron chi connectivity index (χ1n) is 10.7. The molecule has 5 rings (SSSR count). The second-order valence-electron chi connectivity index (χ2n) is 8.22. The summed E-state index contributed by atoms with van der Waals surface area (Å²) >= 11 is 0. The van der Waals surface area contributed by atoms with E-state index in [1.54, 1.807) is 12.3 Å². The maximum atomic E-state index is 13.2. The van der Waals surface area contributed by atoms with E-state index in [2.05, 4.69) is 20.3 Å². The Morgan fingerprint density at radius 2 is 1.84 bits per heavy atom. The fourth-order valence-electron chi connectivity index (χ4n) is 4.66. The van der Waals surface area contributed by atoms with Crippen LogP contribution in [0, 0.1) is 5.92 Å². The van der Waals surface area contributed by atoms with Gasteiger partial charge in [-0.25, -0.2) is 0 Å². The van der Waals surface area contributed by atoms with Gasteiger partial charge in [0.15, 0.2) is 5.65 Å². The van der Waals surface area contributed by atoms with Crippen LogP contribution in [0.25, 0.3) is 5.65 Å². The number of halogens is 3. The summed E-state index contributed by atoms with van der Waals surface area (Å²) in [5, 5.41) is 10.9. The fraction of sp³-hybridized carbons (Fsp3) is 0.476. The Hall–Kier alpha value is -3.24. The maximum Gasteiger partial charge on any atom is 0.453 e. The standard InChI is InChI=1S/C21H22F3N7O/c22-21(23,24)20-27-26-17-5-6-18(28-31(17)20)29-11-7-14(8-12-29)19(32)30-10-2-4-16(30)15-3-1-9-25-13-15/h1,3,5-6,9,13-14,16H,2,4,7-8,10-12H2/t16-/m1/s1. The summed E-state index contributed by atoms with van der Waals surface area (Å²) < 4.78 is 40.2. The molecule has 0 aromatic carbocycles. The SMILES string of the molecule is O=C(C1CCN(c2ccc3nnc(C(F)(F)F)n3n2)CC1)N1CCC[C@@H]1c1cccnc1. The van der Waals surface area contributed by atoms with Gasteiger partial charge in [0.25, 0.3) is 5.82 Å². The molecule has 0 unspecified atom stereocenters. The summed E-state index contributed by atoms with van der Waals surface area (Å²) in [6, 6.07) is 7.08. The van der Waals surface area contributed by atoms with Crippen LogP contribution in [0.15, 0.2) is 36.7 Å². The first kappa shape index (κ1) is 20.7. The van der Waals surface area contributed by atoms with E-state index in [4.69, 9.17) is 0 Å². The van der Waals surface area contributed by atoms with Crippen LogP contribution in [0.1, 0.15) is 43.1 Å². The number of likely N-dealkylation sites (tertiary alicyclic amines) is 1. The number of amides is 1. The molecule has 0 aliphatic carbocycles. The van der Waals surface area contributed by atoms with Crippen LogP contribution in [0.2, 0.25) is 0 Å². The van der Waals surface area contributed by atoms with Crippen LogP contribution in [0.5, 0.6) is 0 Å². The van der Waals surface area contributed by atoms with Crippen LogP contribution in [-0.2, 0) is 11.0 Å². The lowest BCUT2D eigenvalue weighted by atomic mass is 9.94. The quantitative estimate of drug-likeness (QED) is 0.617. The van der Waals surface area contributed by atoms with Gasteiger partial charge in [0.1, 0.15) is 5.82 Å². The van der Waals surface area contributed by atoms with E-state index in [0.29, 0.717) is 31.7 Å². The molecule has 11 heteroatoms. The van der Waals surface area contributed by atoms with E-state index in [-0.39, 0.29) is 23.5 Å². The van der Waals surface area contributed by atoms with E-state index in [1.807, 2.05) is 28.1 Å². The lowest BCUT2D eigenvalue weighted by molar-refractivity contribution is -0.146. The van der Waals surface area contributed by atoms with Gasteiger partial charge in [-0.15, -0.1) is 15.3 Å². The zero-order chi connectivity index (χ0) is 22.3. The summed E-state index contributed by atoms with van der Waals surface area (Å²) in [4.78, 5) is 21.3. The lowest BCUT2D eigenvalue weighted by Gasteiger charge is -2.35. The molecule has 2 fully saturated rings. The van der Waals surface area contributed by atoms with Gasteiger partial charge >= 0.3 is 6.18 Å². The molecule has 0 spiro atoms. The Labute approximate surface area is 182 Å². The third-order valence-corrected chi connectivity index (χ3v) is 6.28. The summed E-state index contributed by atoms with van der Waals surface area (Å²) in [6.45, 7) is 1.83. The Kier molecular flexibility index (Phi) is 5.18. The average Bonchev–Trinajstić information content (AvgIpc) is 3.46. The third-order valence-electron chi connectivity index (χ3n) is 6.28. The number of nitrogens with zero attached hydrogens (tertiary/aromatic N) is 7. The highest BCUT2D eigenvalue weighted by Crippen LogP contribution is 2.35. The zero-order valence-electron chi connectivity index (χ0n) is 17.2. The van der Waals surface area contributed by atoms with Crippen molar-refractivity contribution in [2.45, 2.75) is 37.9 Å². The number of hydrogen-bond acceptors (Lipinski definition) is 6. The highest BCUT2D eigenvalue weighted by Gasteiger charge is 2.38. The largest absolute Gasteiger partial charge is 0.453 e. The number of anilines is 1. The number of hydrogen-bond donors (Lipinski definition) is 0. The summed E-state index contributed by atoms with van der Waals surface area (Å²) in [6.07, 6.45) is 2.07.